The molecule has 1 aliphatic heterocycles. The van der Waals surface area contributed by atoms with Crippen molar-refractivity contribution in [2.75, 3.05) is 13.1 Å². The first-order chi connectivity index (χ1) is 8.29. The van der Waals surface area contributed by atoms with E-state index in [1.807, 2.05) is 18.2 Å². The number of hydrogen-bond acceptors (Lipinski definition) is 2. The van der Waals surface area contributed by atoms with Crippen molar-refractivity contribution in [1.82, 2.24) is 4.90 Å². The lowest BCUT2D eigenvalue weighted by Gasteiger charge is -2.41. The SMILES string of the molecule is CCCC1CCN1CC(C)=Nc1ccccc1. The predicted octanol–water partition coefficient (Wildman–Crippen LogP) is 3.65. The fraction of sp³-hybridized carbons (Fsp3) is 0.533. The number of rotatable bonds is 5. The van der Waals surface area contributed by atoms with Crippen LogP contribution in [0.1, 0.15) is 33.1 Å². The molecule has 2 nitrogen and oxygen atoms in total. The number of likely N-dealkylation sites (tertiary alicyclic amines) is 1. The molecule has 1 saturated heterocycles. The van der Waals surface area contributed by atoms with Crippen molar-refractivity contribution in [3.63, 3.8) is 0 Å². The molecule has 0 N–H and O–H groups in total. The molecule has 1 aromatic rings. The van der Waals surface area contributed by atoms with E-state index in [1.54, 1.807) is 0 Å². The Labute approximate surface area is 104 Å². The highest BCUT2D eigenvalue weighted by Gasteiger charge is 2.26. The third kappa shape index (κ3) is 3.40. The molecular weight excluding hydrogens is 208 g/mol. The zero-order chi connectivity index (χ0) is 12.1. The second-order valence-electron chi connectivity index (χ2n) is 4.88. The summed E-state index contributed by atoms with van der Waals surface area (Å²) in [4.78, 5) is 7.20. The minimum atomic E-state index is 0.806. The zero-order valence-electron chi connectivity index (χ0n) is 10.9. The van der Waals surface area contributed by atoms with Gasteiger partial charge in [-0.05, 0) is 31.9 Å². The maximum absolute atomic E-state index is 4.65. The van der Waals surface area contributed by atoms with Crippen LogP contribution in [0, 0.1) is 0 Å². The van der Waals surface area contributed by atoms with Gasteiger partial charge in [0.2, 0.25) is 0 Å². The lowest BCUT2D eigenvalue weighted by Crippen LogP contribution is -2.49. The van der Waals surface area contributed by atoms with Crippen molar-refractivity contribution in [2.24, 2.45) is 4.99 Å². The first-order valence-corrected chi connectivity index (χ1v) is 6.63. The van der Waals surface area contributed by atoms with Gasteiger partial charge in [0.1, 0.15) is 0 Å². The molecule has 0 saturated carbocycles. The van der Waals surface area contributed by atoms with Crippen molar-refractivity contribution in [1.29, 1.82) is 0 Å². The smallest absolute Gasteiger partial charge is 0.0629 e. The highest BCUT2D eigenvalue weighted by atomic mass is 15.2. The molecule has 2 rings (SSSR count). The van der Waals surface area contributed by atoms with Crippen LogP contribution in [0.3, 0.4) is 0 Å². The Kier molecular flexibility index (Phi) is 4.32. The zero-order valence-corrected chi connectivity index (χ0v) is 10.9. The summed E-state index contributed by atoms with van der Waals surface area (Å²) in [5.41, 5.74) is 2.29. The maximum Gasteiger partial charge on any atom is 0.0629 e. The van der Waals surface area contributed by atoms with Gasteiger partial charge in [0.15, 0.2) is 0 Å². The Morgan fingerprint density at radius 1 is 1.35 bits per heavy atom. The monoisotopic (exact) mass is 230 g/mol. The second kappa shape index (κ2) is 5.97. The molecule has 17 heavy (non-hydrogen) atoms. The summed E-state index contributed by atoms with van der Waals surface area (Å²) in [5, 5.41) is 0. The molecule has 0 aromatic heterocycles. The molecule has 0 spiro atoms. The Bertz CT molecular complexity index is 370. The summed E-state index contributed by atoms with van der Waals surface area (Å²) >= 11 is 0. The van der Waals surface area contributed by atoms with E-state index in [0.29, 0.717) is 0 Å². The number of aliphatic imine (C=N–C) groups is 1. The van der Waals surface area contributed by atoms with Gasteiger partial charge in [0.05, 0.1) is 5.69 Å². The van der Waals surface area contributed by atoms with E-state index in [-0.39, 0.29) is 0 Å². The van der Waals surface area contributed by atoms with Gasteiger partial charge in [-0.1, -0.05) is 31.5 Å². The number of nitrogens with zero attached hydrogens (tertiary/aromatic N) is 2. The van der Waals surface area contributed by atoms with Crippen molar-refractivity contribution < 1.29 is 0 Å². The number of benzene rings is 1. The van der Waals surface area contributed by atoms with Crippen LogP contribution in [-0.2, 0) is 0 Å². The van der Waals surface area contributed by atoms with Crippen LogP contribution in [0.15, 0.2) is 35.3 Å². The molecular formula is C15H22N2. The average Bonchev–Trinajstić information content (AvgIpc) is 2.33. The van der Waals surface area contributed by atoms with Crippen LogP contribution < -0.4 is 0 Å². The largest absolute Gasteiger partial charge is 0.295 e. The highest BCUT2D eigenvalue weighted by Crippen LogP contribution is 2.21. The van der Waals surface area contributed by atoms with Crippen molar-refractivity contribution in [2.45, 2.75) is 39.2 Å². The highest BCUT2D eigenvalue weighted by molar-refractivity contribution is 5.86. The quantitative estimate of drug-likeness (QED) is 0.705. The molecule has 1 atom stereocenters. The topological polar surface area (TPSA) is 15.6 Å². The van der Waals surface area contributed by atoms with Gasteiger partial charge >= 0.3 is 0 Å². The molecule has 92 valence electrons. The molecule has 1 aliphatic rings. The van der Waals surface area contributed by atoms with E-state index >= 15 is 0 Å². The minimum Gasteiger partial charge on any atom is -0.295 e. The van der Waals surface area contributed by atoms with Crippen LogP contribution >= 0.6 is 0 Å². The summed E-state index contributed by atoms with van der Waals surface area (Å²) < 4.78 is 0. The molecule has 0 bridgehead atoms. The Morgan fingerprint density at radius 2 is 2.12 bits per heavy atom. The number of hydrogen-bond donors (Lipinski definition) is 0. The molecule has 0 radical (unpaired) electrons. The van der Waals surface area contributed by atoms with Crippen molar-refractivity contribution in [3.05, 3.63) is 30.3 Å². The van der Waals surface area contributed by atoms with Gasteiger partial charge < -0.3 is 0 Å². The van der Waals surface area contributed by atoms with Crippen LogP contribution in [0.2, 0.25) is 0 Å². The fourth-order valence-electron chi connectivity index (χ4n) is 2.41. The lowest BCUT2D eigenvalue weighted by molar-refractivity contribution is 0.103. The third-order valence-electron chi connectivity index (χ3n) is 3.40. The van der Waals surface area contributed by atoms with Crippen LogP contribution in [0.5, 0.6) is 0 Å². The van der Waals surface area contributed by atoms with Crippen molar-refractivity contribution >= 4 is 11.4 Å². The minimum absolute atomic E-state index is 0.806. The van der Waals surface area contributed by atoms with Gasteiger partial charge in [0.25, 0.3) is 0 Å². The molecule has 1 aromatic carbocycles. The van der Waals surface area contributed by atoms with E-state index in [4.69, 9.17) is 0 Å². The fourth-order valence-corrected chi connectivity index (χ4v) is 2.41. The summed E-state index contributed by atoms with van der Waals surface area (Å²) in [5.74, 6) is 0. The van der Waals surface area contributed by atoms with Crippen LogP contribution in [0.4, 0.5) is 5.69 Å². The summed E-state index contributed by atoms with van der Waals surface area (Å²) in [6, 6.07) is 11.0. The van der Waals surface area contributed by atoms with E-state index in [1.165, 1.54) is 31.5 Å². The summed E-state index contributed by atoms with van der Waals surface area (Å²) in [6.07, 6.45) is 3.99. The second-order valence-corrected chi connectivity index (χ2v) is 4.88. The van der Waals surface area contributed by atoms with E-state index < -0.39 is 0 Å². The standard InChI is InChI=1S/C15H22N2/c1-3-7-15-10-11-17(15)12-13(2)16-14-8-5-4-6-9-14/h4-6,8-9,15H,3,7,10-12H2,1-2H3. The van der Waals surface area contributed by atoms with Gasteiger partial charge in [-0.3, -0.25) is 9.89 Å². The Balaban J connectivity index is 1.89. The maximum atomic E-state index is 4.65. The predicted molar refractivity (Wildman–Crippen MR) is 74.1 cm³/mol. The Morgan fingerprint density at radius 3 is 2.71 bits per heavy atom. The van der Waals surface area contributed by atoms with Gasteiger partial charge in [-0.2, -0.15) is 0 Å². The molecule has 0 amide bonds. The summed E-state index contributed by atoms with van der Waals surface area (Å²) in [6.45, 7) is 6.67. The first kappa shape index (κ1) is 12.3. The Hall–Kier alpha value is -1.15. The lowest BCUT2D eigenvalue weighted by atomic mass is 9.98. The molecule has 1 unspecified atom stereocenters. The van der Waals surface area contributed by atoms with Gasteiger partial charge in [-0.25, -0.2) is 0 Å². The van der Waals surface area contributed by atoms with E-state index in [0.717, 1.165) is 18.3 Å². The molecule has 1 heterocycles. The van der Waals surface area contributed by atoms with Crippen LogP contribution in [0.25, 0.3) is 0 Å². The van der Waals surface area contributed by atoms with Crippen LogP contribution in [-0.4, -0.2) is 29.7 Å². The normalized spacial score (nSPS) is 21.3. The van der Waals surface area contributed by atoms with E-state index in [2.05, 4.69) is 35.9 Å². The van der Waals surface area contributed by atoms with Crippen molar-refractivity contribution in [3.8, 4) is 0 Å². The van der Waals surface area contributed by atoms with Gasteiger partial charge in [0, 0.05) is 24.8 Å². The van der Waals surface area contributed by atoms with Gasteiger partial charge in [-0.15, -0.1) is 0 Å². The molecule has 0 aliphatic carbocycles. The first-order valence-electron chi connectivity index (χ1n) is 6.63. The summed E-state index contributed by atoms with van der Waals surface area (Å²) in [7, 11) is 0. The molecule has 2 heteroatoms. The third-order valence-corrected chi connectivity index (χ3v) is 3.40. The van der Waals surface area contributed by atoms with E-state index in [9.17, 15) is 0 Å². The average molecular weight is 230 g/mol. The molecule has 1 fully saturated rings. The number of para-hydroxylation sites is 1.